The quantitative estimate of drug-likeness (QED) is 0.439. The fourth-order valence-electron chi connectivity index (χ4n) is 1.15. The summed E-state index contributed by atoms with van der Waals surface area (Å²) in [6.45, 7) is 1.66. The topological polar surface area (TPSA) is 38.3 Å². The molecule has 4 heteroatoms. The summed E-state index contributed by atoms with van der Waals surface area (Å²) in [5.74, 6) is 0.735. The number of nitrogens with one attached hydrogen (secondary N) is 1. The predicted octanol–water partition coefficient (Wildman–Crippen LogP) is 1.31. The molecular formula is C9H16BrNO2. The Bertz CT molecular complexity index is 171. The lowest BCUT2D eigenvalue weighted by Crippen LogP contribution is -2.30. The van der Waals surface area contributed by atoms with Gasteiger partial charge in [-0.05, 0) is 18.9 Å². The van der Waals surface area contributed by atoms with Crippen LogP contribution in [0.3, 0.4) is 0 Å². The van der Waals surface area contributed by atoms with Crippen molar-refractivity contribution in [3.8, 4) is 0 Å². The van der Waals surface area contributed by atoms with Gasteiger partial charge in [0.05, 0.1) is 7.11 Å². The van der Waals surface area contributed by atoms with Crippen LogP contribution in [0.25, 0.3) is 0 Å². The van der Waals surface area contributed by atoms with Crippen molar-refractivity contribution in [2.24, 2.45) is 5.92 Å². The average Bonchev–Trinajstić information content (AvgIpc) is 2.94. The molecule has 0 aromatic rings. The zero-order valence-electron chi connectivity index (χ0n) is 7.88. The summed E-state index contributed by atoms with van der Waals surface area (Å²) in [6, 6.07) is 0. The molecule has 1 aliphatic carbocycles. The van der Waals surface area contributed by atoms with Gasteiger partial charge in [-0.15, -0.1) is 0 Å². The summed E-state index contributed by atoms with van der Waals surface area (Å²) in [7, 11) is 1.40. The molecule has 1 saturated carbocycles. The number of alkyl halides is 1. The maximum atomic E-state index is 10.9. The van der Waals surface area contributed by atoms with Crippen LogP contribution in [0.1, 0.15) is 19.3 Å². The van der Waals surface area contributed by atoms with Crippen molar-refractivity contribution in [3.63, 3.8) is 0 Å². The second kappa shape index (κ2) is 5.60. The SMILES string of the molecule is COC(=O)C(Br)CNCCC1CC1. The van der Waals surface area contributed by atoms with Crippen LogP contribution in [0.2, 0.25) is 0 Å². The van der Waals surface area contributed by atoms with E-state index >= 15 is 0 Å². The first-order chi connectivity index (χ1) is 6.24. The fourth-order valence-corrected chi connectivity index (χ4v) is 1.57. The van der Waals surface area contributed by atoms with Gasteiger partial charge in [0.25, 0.3) is 0 Å². The molecule has 1 N–H and O–H groups in total. The number of esters is 1. The van der Waals surface area contributed by atoms with Crippen molar-refractivity contribution in [2.75, 3.05) is 20.2 Å². The van der Waals surface area contributed by atoms with Gasteiger partial charge in [-0.1, -0.05) is 28.8 Å². The smallest absolute Gasteiger partial charge is 0.320 e. The Morgan fingerprint density at radius 1 is 1.69 bits per heavy atom. The van der Waals surface area contributed by atoms with E-state index in [0.29, 0.717) is 6.54 Å². The van der Waals surface area contributed by atoms with Gasteiger partial charge in [-0.25, -0.2) is 0 Å². The third-order valence-electron chi connectivity index (χ3n) is 2.21. The lowest BCUT2D eigenvalue weighted by atomic mass is 10.3. The van der Waals surface area contributed by atoms with E-state index < -0.39 is 0 Å². The molecule has 0 spiro atoms. The van der Waals surface area contributed by atoms with Gasteiger partial charge in [0.1, 0.15) is 4.83 Å². The molecule has 1 unspecified atom stereocenters. The molecule has 0 aromatic heterocycles. The van der Waals surface area contributed by atoms with Crippen LogP contribution in [0, 0.1) is 5.92 Å². The van der Waals surface area contributed by atoms with Crippen LogP contribution in [0.5, 0.6) is 0 Å². The van der Waals surface area contributed by atoms with E-state index in [1.54, 1.807) is 0 Å². The Kier molecular flexibility index (Phi) is 4.73. The minimum atomic E-state index is -0.211. The Morgan fingerprint density at radius 2 is 2.38 bits per heavy atom. The van der Waals surface area contributed by atoms with Gasteiger partial charge in [0, 0.05) is 6.54 Å². The molecule has 0 bridgehead atoms. The van der Waals surface area contributed by atoms with Gasteiger partial charge in [0.2, 0.25) is 0 Å². The van der Waals surface area contributed by atoms with Gasteiger partial charge in [0.15, 0.2) is 0 Å². The number of halogens is 1. The monoisotopic (exact) mass is 249 g/mol. The first-order valence-corrected chi connectivity index (χ1v) is 5.58. The van der Waals surface area contributed by atoms with Crippen molar-refractivity contribution in [2.45, 2.75) is 24.1 Å². The third kappa shape index (κ3) is 4.62. The standard InChI is InChI=1S/C9H16BrNO2/c1-13-9(12)8(10)6-11-5-4-7-2-3-7/h7-8,11H,2-6H2,1H3. The molecule has 1 aliphatic rings. The van der Waals surface area contributed by atoms with Crippen LogP contribution in [0.15, 0.2) is 0 Å². The minimum Gasteiger partial charge on any atom is -0.468 e. The molecule has 1 atom stereocenters. The molecule has 0 radical (unpaired) electrons. The van der Waals surface area contributed by atoms with Crippen LogP contribution < -0.4 is 5.32 Å². The highest BCUT2D eigenvalue weighted by molar-refractivity contribution is 9.10. The first kappa shape index (κ1) is 11.0. The van der Waals surface area contributed by atoms with Crippen molar-refractivity contribution in [1.82, 2.24) is 5.32 Å². The largest absolute Gasteiger partial charge is 0.468 e. The van der Waals surface area contributed by atoms with E-state index in [9.17, 15) is 4.79 Å². The summed E-state index contributed by atoms with van der Waals surface area (Å²) < 4.78 is 4.58. The highest BCUT2D eigenvalue weighted by Crippen LogP contribution is 2.31. The minimum absolute atomic E-state index is 0.209. The summed E-state index contributed by atoms with van der Waals surface area (Å²) in [5, 5.41) is 3.22. The Morgan fingerprint density at radius 3 is 2.92 bits per heavy atom. The van der Waals surface area contributed by atoms with Crippen LogP contribution in [-0.2, 0) is 9.53 Å². The number of hydrogen-bond donors (Lipinski definition) is 1. The van der Waals surface area contributed by atoms with Crippen molar-refractivity contribution < 1.29 is 9.53 Å². The Balaban J connectivity index is 1.93. The zero-order valence-corrected chi connectivity index (χ0v) is 9.47. The Hall–Kier alpha value is -0.0900. The molecular weight excluding hydrogens is 234 g/mol. The number of rotatable bonds is 6. The molecule has 0 heterocycles. The number of carbonyl (C=O) groups excluding carboxylic acids is 1. The lowest BCUT2D eigenvalue weighted by molar-refractivity contribution is -0.139. The molecule has 1 rings (SSSR count). The molecule has 0 aliphatic heterocycles. The second-order valence-electron chi connectivity index (χ2n) is 3.43. The molecule has 0 saturated heterocycles. The van der Waals surface area contributed by atoms with E-state index in [2.05, 4.69) is 26.0 Å². The fraction of sp³-hybridized carbons (Fsp3) is 0.889. The number of methoxy groups -OCH3 is 1. The summed E-state index contributed by atoms with van der Waals surface area (Å²) in [6.07, 6.45) is 4.01. The van der Waals surface area contributed by atoms with E-state index in [4.69, 9.17) is 0 Å². The molecule has 76 valence electrons. The Labute approximate surface area is 87.3 Å². The lowest BCUT2D eigenvalue weighted by Gasteiger charge is -2.08. The molecule has 0 aromatic carbocycles. The number of hydrogen-bond acceptors (Lipinski definition) is 3. The highest BCUT2D eigenvalue weighted by Gasteiger charge is 2.20. The van der Waals surface area contributed by atoms with E-state index in [1.807, 2.05) is 0 Å². The highest BCUT2D eigenvalue weighted by atomic mass is 79.9. The second-order valence-corrected chi connectivity index (χ2v) is 4.53. The molecule has 13 heavy (non-hydrogen) atoms. The maximum Gasteiger partial charge on any atom is 0.320 e. The number of carbonyl (C=O) groups is 1. The van der Waals surface area contributed by atoms with E-state index in [1.165, 1.54) is 26.4 Å². The zero-order chi connectivity index (χ0) is 9.68. The predicted molar refractivity (Wildman–Crippen MR) is 54.9 cm³/mol. The van der Waals surface area contributed by atoms with Crippen LogP contribution in [-0.4, -0.2) is 31.0 Å². The summed E-state index contributed by atoms with van der Waals surface area (Å²) >= 11 is 3.25. The van der Waals surface area contributed by atoms with Gasteiger partial charge in [-0.3, -0.25) is 4.79 Å². The van der Waals surface area contributed by atoms with E-state index in [-0.39, 0.29) is 10.8 Å². The number of ether oxygens (including phenoxy) is 1. The molecule has 1 fully saturated rings. The first-order valence-electron chi connectivity index (χ1n) is 4.66. The van der Waals surface area contributed by atoms with Gasteiger partial charge < -0.3 is 10.1 Å². The van der Waals surface area contributed by atoms with Gasteiger partial charge in [-0.2, -0.15) is 0 Å². The van der Waals surface area contributed by atoms with Crippen molar-refractivity contribution >= 4 is 21.9 Å². The van der Waals surface area contributed by atoms with Crippen LogP contribution >= 0.6 is 15.9 Å². The van der Waals surface area contributed by atoms with Gasteiger partial charge >= 0.3 is 5.97 Å². The van der Waals surface area contributed by atoms with Crippen molar-refractivity contribution in [1.29, 1.82) is 0 Å². The van der Waals surface area contributed by atoms with E-state index in [0.717, 1.165) is 12.5 Å². The van der Waals surface area contributed by atoms with Crippen LogP contribution in [0.4, 0.5) is 0 Å². The van der Waals surface area contributed by atoms with Crippen molar-refractivity contribution in [3.05, 3.63) is 0 Å². The molecule has 3 nitrogen and oxygen atoms in total. The average molecular weight is 250 g/mol. The maximum absolute atomic E-state index is 10.9. The normalized spacial score (nSPS) is 18.3. The molecule has 0 amide bonds. The summed E-state index contributed by atoms with van der Waals surface area (Å²) in [4.78, 5) is 10.7. The summed E-state index contributed by atoms with van der Waals surface area (Å²) in [5.41, 5.74) is 0. The third-order valence-corrected chi connectivity index (χ3v) is 2.90.